The molecule has 1 aromatic heterocycles. The molecule has 0 spiro atoms. The predicted molar refractivity (Wildman–Crippen MR) is 39.1 cm³/mol. The first-order valence-corrected chi connectivity index (χ1v) is 3.87. The zero-order valence-corrected chi connectivity index (χ0v) is 6.72. The Morgan fingerprint density at radius 3 is 3.27 bits per heavy atom. The Hall–Kier alpha value is -1.04. The van der Waals surface area contributed by atoms with Gasteiger partial charge in [-0.3, -0.25) is 4.79 Å². The monoisotopic (exact) mass is 173 g/mol. The van der Waals surface area contributed by atoms with Crippen molar-refractivity contribution >= 4 is 17.7 Å². The summed E-state index contributed by atoms with van der Waals surface area (Å²) in [6, 6.07) is 0. The van der Waals surface area contributed by atoms with Gasteiger partial charge in [-0.1, -0.05) is 11.8 Å². The summed E-state index contributed by atoms with van der Waals surface area (Å²) >= 11 is 1.26. The first-order chi connectivity index (χ1) is 5.33. The molecule has 1 heterocycles. The van der Waals surface area contributed by atoms with Crippen LogP contribution >= 0.6 is 11.8 Å². The van der Waals surface area contributed by atoms with Gasteiger partial charge in [0.05, 0.1) is 12.9 Å². The summed E-state index contributed by atoms with van der Waals surface area (Å²) in [4.78, 5) is 13.4. The highest BCUT2D eigenvalue weighted by atomic mass is 32.2. The third-order valence-corrected chi connectivity index (χ3v) is 1.80. The van der Waals surface area contributed by atoms with E-state index < -0.39 is 0 Å². The first kappa shape index (κ1) is 8.06. The fraction of sp³-hybridized carbons (Fsp3) is 0.400. The minimum atomic E-state index is -0.272. The van der Waals surface area contributed by atoms with Crippen LogP contribution in [0, 0.1) is 0 Å². The van der Waals surface area contributed by atoms with Crippen molar-refractivity contribution in [1.82, 2.24) is 15.2 Å². The summed E-state index contributed by atoms with van der Waals surface area (Å²) in [5, 5.41) is 7.84. The largest absolute Gasteiger partial charge is 0.468 e. The smallest absolute Gasteiger partial charge is 0.316 e. The molecule has 0 bridgehead atoms. The van der Waals surface area contributed by atoms with Gasteiger partial charge in [-0.05, 0) is 0 Å². The molecule has 0 radical (unpaired) electrons. The van der Waals surface area contributed by atoms with Gasteiger partial charge in [0.1, 0.15) is 6.33 Å². The van der Waals surface area contributed by atoms with Crippen molar-refractivity contribution in [3.05, 3.63) is 6.33 Å². The molecule has 1 aromatic rings. The molecule has 1 N–H and O–H groups in total. The van der Waals surface area contributed by atoms with Crippen LogP contribution in [0.5, 0.6) is 0 Å². The van der Waals surface area contributed by atoms with Gasteiger partial charge in [0.2, 0.25) is 0 Å². The highest BCUT2D eigenvalue weighted by Crippen LogP contribution is 2.09. The molecule has 0 fully saturated rings. The molecule has 6 heteroatoms. The quantitative estimate of drug-likeness (QED) is 0.517. The zero-order valence-electron chi connectivity index (χ0n) is 5.90. The van der Waals surface area contributed by atoms with E-state index >= 15 is 0 Å². The van der Waals surface area contributed by atoms with Gasteiger partial charge < -0.3 is 9.72 Å². The molecule has 0 atom stereocenters. The lowest BCUT2D eigenvalue weighted by molar-refractivity contribution is -0.137. The van der Waals surface area contributed by atoms with Crippen molar-refractivity contribution in [2.75, 3.05) is 12.9 Å². The molecule has 60 valence electrons. The van der Waals surface area contributed by atoms with E-state index in [0.717, 1.165) is 0 Å². The molecule has 0 aliphatic carbocycles. The van der Waals surface area contributed by atoms with E-state index in [4.69, 9.17) is 0 Å². The molecule has 0 unspecified atom stereocenters. The number of thioether (sulfide) groups is 1. The molecule has 1 rings (SSSR count). The van der Waals surface area contributed by atoms with Crippen LogP contribution in [0.25, 0.3) is 0 Å². The second-order valence-corrected chi connectivity index (χ2v) is 2.62. The molecule has 0 saturated heterocycles. The molecule has 0 aromatic carbocycles. The summed E-state index contributed by atoms with van der Waals surface area (Å²) in [5.74, 6) is -0.0162. The lowest BCUT2D eigenvalue weighted by atomic mass is 10.8. The van der Waals surface area contributed by atoms with E-state index in [2.05, 4.69) is 19.9 Å². The van der Waals surface area contributed by atoms with Gasteiger partial charge in [-0.15, -0.1) is 10.2 Å². The van der Waals surface area contributed by atoms with E-state index in [1.165, 1.54) is 25.2 Å². The van der Waals surface area contributed by atoms with Gasteiger partial charge in [0.25, 0.3) is 0 Å². The first-order valence-electron chi connectivity index (χ1n) is 2.88. The summed E-state index contributed by atoms with van der Waals surface area (Å²) < 4.78 is 4.43. The molecule has 0 amide bonds. The molecular weight excluding hydrogens is 166 g/mol. The van der Waals surface area contributed by atoms with Gasteiger partial charge in [0, 0.05) is 0 Å². The number of ether oxygens (including phenoxy) is 1. The van der Waals surface area contributed by atoms with Crippen LogP contribution in [0.3, 0.4) is 0 Å². The average molecular weight is 173 g/mol. The zero-order chi connectivity index (χ0) is 8.10. The fourth-order valence-corrected chi connectivity index (χ4v) is 1.06. The molecule has 0 aliphatic rings. The number of nitrogens with zero attached hydrogens (tertiary/aromatic N) is 2. The summed E-state index contributed by atoms with van der Waals surface area (Å²) in [5.41, 5.74) is 0. The third kappa shape index (κ3) is 2.58. The van der Waals surface area contributed by atoms with E-state index in [-0.39, 0.29) is 11.7 Å². The molecular formula is C5H7N3O2S. The van der Waals surface area contributed by atoms with E-state index in [9.17, 15) is 4.79 Å². The normalized spacial score (nSPS) is 9.55. The van der Waals surface area contributed by atoms with Gasteiger partial charge in [-0.2, -0.15) is 0 Å². The average Bonchev–Trinajstić information content (AvgIpc) is 2.52. The number of carbonyl (C=O) groups is 1. The fourth-order valence-electron chi connectivity index (χ4n) is 0.451. The highest BCUT2D eigenvalue weighted by Gasteiger charge is 2.02. The van der Waals surface area contributed by atoms with Crippen LogP contribution in [-0.2, 0) is 9.53 Å². The Balaban J connectivity index is 2.29. The van der Waals surface area contributed by atoms with Crippen molar-refractivity contribution < 1.29 is 9.53 Å². The minimum absolute atomic E-state index is 0.256. The summed E-state index contributed by atoms with van der Waals surface area (Å²) in [7, 11) is 1.35. The lowest BCUT2D eigenvalue weighted by Gasteiger charge is -1.94. The second-order valence-electron chi connectivity index (χ2n) is 1.66. The van der Waals surface area contributed by atoms with E-state index in [0.29, 0.717) is 5.16 Å². The number of nitrogens with one attached hydrogen (secondary N) is 1. The van der Waals surface area contributed by atoms with Gasteiger partial charge in [-0.25, -0.2) is 0 Å². The Bertz CT molecular complexity index is 224. The topological polar surface area (TPSA) is 67.9 Å². The Kier molecular flexibility index (Phi) is 2.91. The number of aromatic nitrogens is 3. The third-order valence-electron chi connectivity index (χ3n) is 0.949. The van der Waals surface area contributed by atoms with Crippen molar-refractivity contribution in [2.24, 2.45) is 0 Å². The van der Waals surface area contributed by atoms with Crippen molar-refractivity contribution in [1.29, 1.82) is 0 Å². The maximum atomic E-state index is 10.6. The maximum absolute atomic E-state index is 10.6. The number of methoxy groups -OCH3 is 1. The summed E-state index contributed by atoms with van der Waals surface area (Å²) in [6.45, 7) is 0. The number of carbonyl (C=O) groups excluding carboxylic acids is 1. The number of esters is 1. The lowest BCUT2D eigenvalue weighted by Crippen LogP contribution is -2.02. The molecule has 0 aliphatic heterocycles. The molecule has 0 saturated carbocycles. The van der Waals surface area contributed by atoms with Crippen molar-refractivity contribution in [2.45, 2.75) is 5.16 Å². The van der Waals surface area contributed by atoms with E-state index in [1.54, 1.807) is 0 Å². The predicted octanol–water partition coefficient (Wildman–Crippen LogP) is 0.0698. The van der Waals surface area contributed by atoms with Crippen LogP contribution in [0.1, 0.15) is 0 Å². The SMILES string of the molecule is COC(=O)CSc1nnc[nH]1. The Labute approximate surface area is 67.5 Å². The second kappa shape index (κ2) is 3.97. The number of H-pyrrole nitrogens is 1. The standard InChI is InChI=1S/C5H7N3O2S/c1-10-4(9)2-11-5-6-3-7-8-5/h3H,2H2,1H3,(H,6,7,8). The van der Waals surface area contributed by atoms with Gasteiger partial charge in [0.15, 0.2) is 5.16 Å². The summed E-state index contributed by atoms with van der Waals surface area (Å²) in [6.07, 6.45) is 1.46. The van der Waals surface area contributed by atoms with Crippen LogP contribution in [-0.4, -0.2) is 34.0 Å². The Morgan fingerprint density at radius 2 is 2.73 bits per heavy atom. The Morgan fingerprint density at radius 1 is 1.91 bits per heavy atom. The number of aromatic amines is 1. The van der Waals surface area contributed by atoms with Crippen LogP contribution in [0.2, 0.25) is 0 Å². The molecule has 5 nitrogen and oxygen atoms in total. The maximum Gasteiger partial charge on any atom is 0.316 e. The van der Waals surface area contributed by atoms with Crippen molar-refractivity contribution in [3.8, 4) is 0 Å². The minimum Gasteiger partial charge on any atom is -0.468 e. The van der Waals surface area contributed by atoms with Crippen LogP contribution < -0.4 is 0 Å². The van der Waals surface area contributed by atoms with Crippen LogP contribution in [0.15, 0.2) is 11.5 Å². The number of hydrogen-bond donors (Lipinski definition) is 1. The highest BCUT2D eigenvalue weighted by molar-refractivity contribution is 7.99. The van der Waals surface area contributed by atoms with Crippen LogP contribution in [0.4, 0.5) is 0 Å². The van der Waals surface area contributed by atoms with E-state index in [1.807, 2.05) is 0 Å². The molecule has 11 heavy (non-hydrogen) atoms. The number of rotatable bonds is 3. The van der Waals surface area contributed by atoms with Crippen molar-refractivity contribution in [3.63, 3.8) is 0 Å². The van der Waals surface area contributed by atoms with Gasteiger partial charge >= 0.3 is 5.97 Å². The number of hydrogen-bond acceptors (Lipinski definition) is 5.